The zero-order chi connectivity index (χ0) is 19.1. The van der Waals surface area contributed by atoms with E-state index in [2.05, 4.69) is 10.3 Å². The van der Waals surface area contributed by atoms with Gasteiger partial charge in [0.2, 0.25) is 5.91 Å². The lowest BCUT2D eigenvalue weighted by atomic mass is 10.1. The van der Waals surface area contributed by atoms with Crippen molar-refractivity contribution in [3.63, 3.8) is 0 Å². The predicted octanol–water partition coefficient (Wildman–Crippen LogP) is 4.62. The van der Waals surface area contributed by atoms with Crippen LogP contribution in [0.4, 0.5) is 18.9 Å². The van der Waals surface area contributed by atoms with Crippen LogP contribution in [-0.2, 0) is 17.5 Å². The van der Waals surface area contributed by atoms with Crippen LogP contribution in [0, 0.1) is 20.8 Å². The molecule has 0 saturated carbocycles. The fourth-order valence-corrected chi connectivity index (χ4v) is 2.82. The number of aromatic nitrogens is 2. The van der Waals surface area contributed by atoms with Gasteiger partial charge in [-0.05, 0) is 62.2 Å². The summed E-state index contributed by atoms with van der Waals surface area (Å²) in [6, 6.07) is 8.50. The van der Waals surface area contributed by atoms with Gasteiger partial charge in [0.1, 0.15) is 12.4 Å². The average Bonchev–Trinajstić information content (AvgIpc) is 2.83. The molecule has 2 aromatic carbocycles. The fraction of sp³-hybridized carbons (Fsp3) is 0.263. The summed E-state index contributed by atoms with van der Waals surface area (Å²) in [7, 11) is 0. The number of halogens is 3. The molecule has 0 spiro atoms. The summed E-state index contributed by atoms with van der Waals surface area (Å²) in [5, 5.41) is 2.52. The van der Waals surface area contributed by atoms with Crippen molar-refractivity contribution < 1.29 is 18.0 Å². The number of imidazole rings is 1. The maximum Gasteiger partial charge on any atom is 0.416 e. The molecule has 0 fully saturated rings. The van der Waals surface area contributed by atoms with Crippen molar-refractivity contribution in [3.05, 3.63) is 58.9 Å². The molecule has 7 heteroatoms. The van der Waals surface area contributed by atoms with E-state index in [1.807, 2.05) is 26.0 Å². The molecule has 0 radical (unpaired) electrons. The number of alkyl halides is 3. The van der Waals surface area contributed by atoms with Gasteiger partial charge in [0, 0.05) is 5.69 Å². The molecule has 1 N–H and O–H groups in total. The van der Waals surface area contributed by atoms with Crippen LogP contribution in [-0.4, -0.2) is 15.5 Å². The molecule has 1 heterocycles. The van der Waals surface area contributed by atoms with Gasteiger partial charge >= 0.3 is 6.18 Å². The molecular weight excluding hydrogens is 343 g/mol. The van der Waals surface area contributed by atoms with Crippen molar-refractivity contribution in [1.82, 2.24) is 9.55 Å². The van der Waals surface area contributed by atoms with E-state index in [1.165, 1.54) is 12.1 Å². The molecule has 1 aromatic heterocycles. The standard InChI is InChI=1S/C19H18F3N3O/c1-11-7-16-17(8-12(11)2)25(13(3)23-16)10-18(26)24-15-6-4-5-14(9-15)19(20,21)22/h4-9H,10H2,1-3H3,(H,24,26). The minimum atomic E-state index is -4.45. The van der Waals surface area contributed by atoms with Crippen LogP contribution >= 0.6 is 0 Å². The van der Waals surface area contributed by atoms with Crippen LogP contribution in [0.25, 0.3) is 11.0 Å². The van der Waals surface area contributed by atoms with Crippen molar-refractivity contribution >= 4 is 22.6 Å². The molecule has 0 aliphatic carbocycles. The lowest BCUT2D eigenvalue weighted by Gasteiger charge is -2.11. The molecule has 0 unspecified atom stereocenters. The van der Waals surface area contributed by atoms with Gasteiger partial charge in [0.25, 0.3) is 0 Å². The quantitative estimate of drug-likeness (QED) is 0.740. The molecule has 0 saturated heterocycles. The van der Waals surface area contributed by atoms with E-state index in [0.29, 0.717) is 5.82 Å². The van der Waals surface area contributed by atoms with Gasteiger partial charge in [-0.3, -0.25) is 4.79 Å². The minimum absolute atomic E-state index is 0.0267. The van der Waals surface area contributed by atoms with Crippen molar-refractivity contribution in [3.8, 4) is 0 Å². The number of aryl methyl sites for hydroxylation is 3. The highest BCUT2D eigenvalue weighted by atomic mass is 19.4. The maximum atomic E-state index is 12.8. The van der Waals surface area contributed by atoms with Crippen molar-refractivity contribution in [2.45, 2.75) is 33.5 Å². The summed E-state index contributed by atoms with van der Waals surface area (Å²) in [6.07, 6.45) is -4.45. The van der Waals surface area contributed by atoms with Gasteiger partial charge in [0.15, 0.2) is 0 Å². The van der Waals surface area contributed by atoms with Crippen LogP contribution < -0.4 is 5.32 Å². The Morgan fingerprint density at radius 1 is 1.12 bits per heavy atom. The van der Waals surface area contributed by atoms with Gasteiger partial charge in [0.05, 0.1) is 16.6 Å². The number of nitrogens with zero attached hydrogens (tertiary/aromatic N) is 2. The highest BCUT2D eigenvalue weighted by Gasteiger charge is 2.30. The first-order valence-electron chi connectivity index (χ1n) is 8.06. The second-order valence-corrected chi connectivity index (χ2v) is 6.30. The number of hydrogen-bond donors (Lipinski definition) is 1. The largest absolute Gasteiger partial charge is 0.416 e. The summed E-state index contributed by atoms with van der Waals surface area (Å²) in [5.41, 5.74) is 3.11. The Morgan fingerprint density at radius 3 is 2.50 bits per heavy atom. The Kier molecular flexibility index (Phi) is 4.48. The Morgan fingerprint density at radius 2 is 1.81 bits per heavy atom. The molecule has 26 heavy (non-hydrogen) atoms. The van der Waals surface area contributed by atoms with E-state index >= 15 is 0 Å². The van der Waals surface area contributed by atoms with E-state index in [1.54, 1.807) is 11.5 Å². The highest BCUT2D eigenvalue weighted by Crippen LogP contribution is 2.30. The lowest BCUT2D eigenvalue weighted by molar-refractivity contribution is -0.137. The normalized spacial score (nSPS) is 11.8. The number of amides is 1. The van der Waals surface area contributed by atoms with Crippen LogP contribution in [0.1, 0.15) is 22.5 Å². The van der Waals surface area contributed by atoms with Crippen molar-refractivity contribution in [2.75, 3.05) is 5.32 Å². The first kappa shape index (κ1) is 18.0. The van der Waals surface area contributed by atoms with Gasteiger partial charge in [-0.1, -0.05) is 6.07 Å². The summed E-state index contributed by atoms with van der Waals surface area (Å²) in [6.45, 7) is 5.73. The molecule has 0 atom stereocenters. The molecule has 136 valence electrons. The van der Waals surface area contributed by atoms with Crippen molar-refractivity contribution in [1.29, 1.82) is 0 Å². The van der Waals surface area contributed by atoms with E-state index in [4.69, 9.17) is 0 Å². The number of anilines is 1. The van der Waals surface area contributed by atoms with Crippen LogP contribution in [0.3, 0.4) is 0 Å². The SMILES string of the molecule is Cc1cc2nc(C)n(CC(=O)Nc3cccc(C(F)(F)F)c3)c2cc1C. The number of rotatable bonds is 3. The second-order valence-electron chi connectivity index (χ2n) is 6.30. The summed E-state index contributed by atoms with van der Waals surface area (Å²) in [4.78, 5) is 16.8. The monoisotopic (exact) mass is 361 g/mol. The topological polar surface area (TPSA) is 46.9 Å². The maximum absolute atomic E-state index is 12.8. The first-order chi connectivity index (χ1) is 12.1. The zero-order valence-electron chi connectivity index (χ0n) is 14.6. The third kappa shape index (κ3) is 3.56. The van der Waals surface area contributed by atoms with Crippen LogP contribution in [0.5, 0.6) is 0 Å². The predicted molar refractivity (Wildman–Crippen MR) is 94.0 cm³/mol. The molecule has 0 bridgehead atoms. The van der Waals surface area contributed by atoms with Gasteiger partial charge < -0.3 is 9.88 Å². The molecular formula is C19H18F3N3O. The number of carbonyl (C=O) groups excluding carboxylic acids is 1. The highest BCUT2D eigenvalue weighted by molar-refractivity contribution is 5.92. The molecule has 3 aromatic rings. The number of carbonyl (C=O) groups is 1. The van der Waals surface area contributed by atoms with E-state index in [0.717, 1.165) is 34.3 Å². The molecule has 3 rings (SSSR count). The Labute approximate surface area is 148 Å². The van der Waals surface area contributed by atoms with E-state index < -0.39 is 17.6 Å². The Hall–Kier alpha value is -2.83. The summed E-state index contributed by atoms with van der Waals surface area (Å²) in [5.74, 6) is 0.258. The Balaban J connectivity index is 1.84. The molecule has 4 nitrogen and oxygen atoms in total. The number of fused-ring (bicyclic) bond motifs is 1. The number of benzene rings is 2. The second kappa shape index (κ2) is 6.48. The van der Waals surface area contributed by atoms with E-state index in [-0.39, 0.29) is 12.2 Å². The Bertz CT molecular complexity index is 990. The van der Waals surface area contributed by atoms with Crippen LogP contribution in [0.15, 0.2) is 36.4 Å². The number of hydrogen-bond acceptors (Lipinski definition) is 2. The first-order valence-corrected chi connectivity index (χ1v) is 8.06. The lowest BCUT2D eigenvalue weighted by Crippen LogP contribution is -2.20. The third-order valence-corrected chi connectivity index (χ3v) is 4.33. The third-order valence-electron chi connectivity index (χ3n) is 4.33. The average molecular weight is 361 g/mol. The van der Waals surface area contributed by atoms with Gasteiger partial charge in [-0.2, -0.15) is 13.2 Å². The fourth-order valence-electron chi connectivity index (χ4n) is 2.82. The minimum Gasteiger partial charge on any atom is -0.325 e. The molecule has 0 aliphatic heterocycles. The zero-order valence-corrected chi connectivity index (χ0v) is 14.6. The van der Waals surface area contributed by atoms with Crippen LogP contribution in [0.2, 0.25) is 0 Å². The number of nitrogens with one attached hydrogen (secondary N) is 1. The summed E-state index contributed by atoms with van der Waals surface area (Å²) < 4.78 is 40.1. The molecule has 0 aliphatic rings. The smallest absolute Gasteiger partial charge is 0.325 e. The van der Waals surface area contributed by atoms with Crippen molar-refractivity contribution in [2.24, 2.45) is 0 Å². The van der Waals surface area contributed by atoms with Gasteiger partial charge in [-0.15, -0.1) is 0 Å². The van der Waals surface area contributed by atoms with E-state index in [9.17, 15) is 18.0 Å². The molecule has 1 amide bonds. The van der Waals surface area contributed by atoms with Gasteiger partial charge in [-0.25, -0.2) is 4.98 Å². The summed E-state index contributed by atoms with van der Waals surface area (Å²) >= 11 is 0.